The molecule has 11 heteroatoms. The van der Waals surface area contributed by atoms with E-state index in [9.17, 15) is 22.4 Å². The highest BCUT2D eigenvalue weighted by Crippen LogP contribution is 2.30. The van der Waals surface area contributed by atoms with Crippen LogP contribution in [0.15, 0.2) is 42.7 Å². The second-order valence-corrected chi connectivity index (χ2v) is 8.11. The minimum Gasteiger partial charge on any atom is -0.365 e. The standard InChI is InChI=1S/C23H22F4N6O/c1-13-11-19(32-22(30-13)23(25,26)27)31-18-5-3-10-33(14(18)2)21(34)17-12-15(24)6-7-16(17)20-28-8-4-9-29-20/h4,6-9,11-12,14,18H,3,5,10H2,1-2H3,(H,30,31,32)/t14-,18+/m0/s1. The zero-order chi connectivity index (χ0) is 24.5. The molecule has 0 spiro atoms. The molecule has 3 heterocycles. The van der Waals surface area contributed by atoms with Crippen LogP contribution >= 0.6 is 0 Å². The molecule has 2 aromatic heterocycles. The van der Waals surface area contributed by atoms with Crippen LogP contribution in [0.4, 0.5) is 23.4 Å². The van der Waals surface area contributed by atoms with E-state index in [1.54, 1.807) is 17.9 Å². The van der Waals surface area contributed by atoms with Gasteiger partial charge in [-0.15, -0.1) is 0 Å². The number of anilines is 1. The molecule has 4 rings (SSSR count). The van der Waals surface area contributed by atoms with Gasteiger partial charge in [-0.2, -0.15) is 13.2 Å². The number of nitrogens with one attached hydrogen (secondary N) is 1. The fraction of sp³-hybridized carbons (Fsp3) is 0.348. The first-order valence-electron chi connectivity index (χ1n) is 10.7. The van der Waals surface area contributed by atoms with E-state index in [4.69, 9.17) is 0 Å². The van der Waals surface area contributed by atoms with E-state index >= 15 is 0 Å². The third-order valence-corrected chi connectivity index (χ3v) is 5.71. The van der Waals surface area contributed by atoms with Gasteiger partial charge in [0.1, 0.15) is 11.6 Å². The van der Waals surface area contributed by atoms with Gasteiger partial charge in [-0.05, 0) is 51.0 Å². The molecule has 1 aromatic carbocycles. The molecule has 3 aromatic rings. The van der Waals surface area contributed by atoms with Gasteiger partial charge >= 0.3 is 6.18 Å². The maximum Gasteiger partial charge on any atom is 0.451 e. The van der Waals surface area contributed by atoms with Crippen LogP contribution in [0, 0.1) is 12.7 Å². The summed E-state index contributed by atoms with van der Waals surface area (Å²) in [4.78, 5) is 30.5. The summed E-state index contributed by atoms with van der Waals surface area (Å²) in [5, 5.41) is 3.03. The smallest absolute Gasteiger partial charge is 0.365 e. The molecule has 0 radical (unpaired) electrons. The number of halogens is 4. The van der Waals surface area contributed by atoms with Gasteiger partial charge < -0.3 is 10.2 Å². The van der Waals surface area contributed by atoms with E-state index in [2.05, 4.69) is 25.3 Å². The van der Waals surface area contributed by atoms with Gasteiger partial charge in [0.25, 0.3) is 5.91 Å². The van der Waals surface area contributed by atoms with E-state index in [0.717, 1.165) is 6.07 Å². The lowest BCUT2D eigenvalue weighted by Gasteiger charge is -2.40. The Kier molecular flexibility index (Phi) is 6.45. The van der Waals surface area contributed by atoms with Gasteiger partial charge in [0, 0.05) is 48.3 Å². The summed E-state index contributed by atoms with van der Waals surface area (Å²) < 4.78 is 53.5. The molecular formula is C23H22F4N6O. The normalized spacial score (nSPS) is 18.6. The Morgan fingerprint density at radius 3 is 2.59 bits per heavy atom. The molecule has 1 aliphatic heterocycles. The summed E-state index contributed by atoms with van der Waals surface area (Å²) in [6.07, 6.45) is -0.385. The molecule has 1 saturated heterocycles. The molecule has 1 N–H and O–H groups in total. The summed E-state index contributed by atoms with van der Waals surface area (Å²) in [7, 11) is 0. The Labute approximate surface area is 193 Å². The lowest BCUT2D eigenvalue weighted by Crippen LogP contribution is -2.52. The van der Waals surface area contributed by atoms with Gasteiger partial charge in [-0.25, -0.2) is 24.3 Å². The minimum atomic E-state index is -4.67. The van der Waals surface area contributed by atoms with Crippen molar-refractivity contribution in [3.05, 3.63) is 65.6 Å². The molecule has 7 nitrogen and oxygen atoms in total. The zero-order valence-electron chi connectivity index (χ0n) is 18.5. The molecule has 1 amide bonds. The molecule has 0 saturated carbocycles. The number of benzene rings is 1. The molecule has 1 fully saturated rings. The van der Waals surface area contributed by atoms with Crippen LogP contribution in [0.3, 0.4) is 0 Å². The number of hydrogen-bond donors (Lipinski definition) is 1. The van der Waals surface area contributed by atoms with Crippen molar-refractivity contribution >= 4 is 11.7 Å². The van der Waals surface area contributed by atoms with E-state index in [-0.39, 0.29) is 23.1 Å². The van der Waals surface area contributed by atoms with Crippen LogP contribution in [0.2, 0.25) is 0 Å². The Morgan fingerprint density at radius 2 is 1.88 bits per heavy atom. The van der Waals surface area contributed by atoms with Crippen molar-refractivity contribution in [2.75, 3.05) is 11.9 Å². The van der Waals surface area contributed by atoms with Gasteiger partial charge in [0.05, 0.1) is 5.56 Å². The highest BCUT2D eigenvalue weighted by atomic mass is 19.4. The lowest BCUT2D eigenvalue weighted by molar-refractivity contribution is -0.145. The molecule has 0 aliphatic carbocycles. The number of piperidine rings is 1. The zero-order valence-corrected chi connectivity index (χ0v) is 18.5. The molecule has 0 bridgehead atoms. The predicted molar refractivity (Wildman–Crippen MR) is 116 cm³/mol. The van der Waals surface area contributed by atoms with Crippen molar-refractivity contribution in [1.29, 1.82) is 0 Å². The van der Waals surface area contributed by atoms with Crippen LogP contribution in [-0.4, -0.2) is 49.4 Å². The SMILES string of the molecule is Cc1cc(N[C@@H]2CCCN(C(=O)c3cc(F)ccc3-c3ncccn3)[C@H]2C)nc(C(F)(F)F)n1. The second-order valence-electron chi connectivity index (χ2n) is 8.11. The molecule has 1 aliphatic rings. The van der Waals surface area contributed by atoms with Gasteiger partial charge in [-0.1, -0.05) is 0 Å². The number of aromatic nitrogens is 4. The maximum atomic E-state index is 14.1. The number of rotatable bonds is 4. The van der Waals surface area contributed by atoms with Crippen molar-refractivity contribution in [3.63, 3.8) is 0 Å². The van der Waals surface area contributed by atoms with Crippen LogP contribution in [0.25, 0.3) is 11.4 Å². The number of carbonyl (C=O) groups excluding carboxylic acids is 1. The first kappa shape index (κ1) is 23.5. The fourth-order valence-corrected chi connectivity index (χ4v) is 4.06. The Balaban J connectivity index is 1.60. The number of nitrogens with zero attached hydrogens (tertiary/aromatic N) is 5. The van der Waals surface area contributed by atoms with Gasteiger partial charge in [0.15, 0.2) is 5.82 Å². The van der Waals surface area contributed by atoms with Crippen molar-refractivity contribution in [1.82, 2.24) is 24.8 Å². The molecular weight excluding hydrogens is 452 g/mol. The quantitative estimate of drug-likeness (QED) is 0.561. The first-order valence-corrected chi connectivity index (χ1v) is 10.7. The minimum absolute atomic E-state index is 0.0371. The highest BCUT2D eigenvalue weighted by molar-refractivity contribution is 6.00. The predicted octanol–water partition coefficient (Wildman–Crippen LogP) is 4.51. The highest BCUT2D eigenvalue weighted by Gasteiger charge is 2.36. The lowest BCUT2D eigenvalue weighted by atomic mass is 9.95. The molecule has 34 heavy (non-hydrogen) atoms. The van der Waals surface area contributed by atoms with Crippen molar-refractivity contribution in [2.24, 2.45) is 0 Å². The fourth-order valence-electron chi connectivity index (χ4n) is 4.06. The Bertz CT molecular complexity index is 1190. The van der Waals surface area contributed by atoms with Crippen LogP contribution in [0.5, 0.6) is 0 Å². The van der Waals surface area contributed by atoms with Gasteiger partial charge in [-0.3, -0.25) is 4.79 Å². The number of alkyl halides is 3. The second kappa shape index (κ2) is 9.32. The summed E-state index contributed by atoms with van der Waals surface area (Å²) in [5.41, 5.74) is 0.694. The summed E-state index contributed by atoms with van der Waals surface area (Å²) in [6, 6.07) is 6.15. The topological polar surface area (TPSA) is 83.9 Å². The summed E-state index contributed by atoms with van der Waals surface area (Å²) >= 11 is 0. The van der Waals surface area contributed by atoms with E-state index in [0.29, 0.717) is 30.8 Å². The number of hydrogen-bond acceptors (Lipinski definition) is 6. The largest absolute Gasteiger partial charge is 0.451 e. The monoisotopic (exact) mass is 474 g/mol. The van der Waals surface area contributed by atoms with Crippen LogP contribution in [-0.2, 0) is 6.18 Å². The Morgan fingerprint density at radius 1 is 1.15 bits per heavy atom. The Hall–Kier alpha value is -3.63. The maximum absolute atomic E-state index is 14.1. The number of carbonyl (C=O) groups is 1. The molecule has 2 atom stereocenters. The van der Waals surface area contributed by atoms with Gasteiger partial charge in [0.2, 0.25) is 5.82 Å². The number of amides is 1. The molecule has 178 valence electrons. The van der Waals surface area contributed by atoms with E-state index in [1.807, 2.05) is 0 Å². The summed E-state index contributed by atoms with van der Waals surface area (Å²) in [5.74, 6) is -1.87. The van der Waals surface area contributed by atoms with Crippen LogP contribution in [0.1, 0.15) is 41.6 Å². The van der Waals surface area contributed by atoms with E-state index in [1.165, 1.54) is 37.5 Å². The number of likely N-dealkylation sites (tertiary alicyclic amines) is 1. The number of aryl methyl sites for hydroxylation is 1. The molecule has 0 unspecified atom stereocenters. The van der Waals surface area contributed by atoms with Crippen molar-refractivity contribution in [2.45, 2.75) is 44.9 Å². The average Bonchev–Trinajstić information content (AvgIpc) is 2.79. The third-order valence-electron chi connectivity index (χ3n) is 5.71. The average molecular weight is 474 g/mol. The summed E-state index contributed by atoms with van der Waals surface area (Å²) in [6.45, 7) is 3.67. The van der Waals surface area contributed by atoms with Crippen molar-refractivity contribution in [3.8, 4) is 11.4 Å². The van der Waals surface area contributed by atoms with Crippen LogP contribution < -0.4 is 5.32 Å². The third kappa shape index (κ3) is 4.97. The van der Waals surface area contributed by atoms with E-state index < -0.39 is 29.8 Å². The first-order chi connectivity index (χ1) is 16.1. The van der Waals surface area contributed by atoms with Crippen molar-refractivity contribution < 1.29 is 22.4 Å².